The molecule has 1 rings (SSSR count). The first-order valence-electron chi connectivity index (χ1n) is 4.21. The van der Waals surface area contributed by atoms with Crippen molar-refractivity contribution < 1.29 is 27.9 Å². The van der Waals surface area contributed by atoms with Crippen molar-refractivity contribution in [3.8, 4) is 0 Å². The molecule has 0 amide bonds. The zero-order valence-electron chi connectivity index (χ0n) is 7.91. The van der Waals surface area contributed by atoms with Crippen LogP contribution >= 0.6 is 0 Å². The van der Waals surface area contributed by atoms with Gasteiger partial charge in [-0.3, -0.25) is 9.59 Å². The van der Waals surface area contributed by atoms with Gasteiger partial charge in [-0.1, -0.05) is 0 Å². The van der Waals surface area contributed by atoms with Crippen LogP contribution < -0.4 is 0 Å². The van der Waals surface area contributed by atoms with Crippen LogP contribution in [-0.4, -0.2) is 17.4 Å². The number of halogens is 3. The molecule has 1 aromatic rings. The molecule has 0 spiro atoms. The molecule has 0 aliphatic heterocycles. The SMILES string of the molecule is O=Cc1cc(CC(=O)O)cc(C(F)(F)F)c1. The third-order valence-electron chi connectivity index (χ3n) is 1.83. The maximum Gasteiger partial charge on any atom is 0.416 e. The minimum absolute atomic E-state index is 0.0515. The Hall–Kier alpha value is -1.85. The first kappa shape index (κ1) is 12.2. The zero-order chi connectivity index (χ0) is 12.3. The molecule has 0 aromatic heterocycles. The van der Waals surface area contributed by atoms with Gasteiger partial charge < -0.3 is 5.11 Å². The summed E-state index contributed by atoms with van der Waals surface area (Å²) in [6.07, 6.45) is -4.89. The largest absolute Gasteiger partial charge is 0.481 e. The third-order valence-corrected chi connectivity index (χ3v) is 1.83. The van der Waals surface area contributed by atoms with Crippen LogP contribution in [0.4, 0.5) is 13.2 Å². The van der Waals surface area contributed by atoms with Crippen LogP contribution in [0.25, 0.3) is 0 Å². The monoisotopic (exact) mass is 232 g/mol. The predicted molar refractivity (Wildman–Crippen MR) is 48.2 cm³/mol. The Morgan fingerprint density at radius 3 is 2.38 bits per heavy atom. The van der Waals surface area contributed by atoms with Gasteiger partial charge in [-0.25, -0.2) is 0 Å². The average Bonchev–Trinajstić information content (AvgIpc) is 2.14. The number of hydrogen-bond acceptors (Lipinski definition) is 2. The van der Waals surface area contributed by atoms with Gasteiger partial charge in [0, 0.05) is 5.56 Å². The summed E-state index contributed by atoms with van der Waals surface area (Å²) in [5.74, 6) is -1.25. The van der Waals surface area contributed by atoms with E-state index in [2.05, 4.69) is 0 Å². The molecule has 0 aliphatic rings. The Bertz CT molecular complexity index is 424. The number of rotatable bonds is 3. The van der Waals surface area contributed by atoms with E-state index in [4.69, 9.17) is 5.11 Å². The first-order valence-corrected chi connectivity index (χ1v) is 4.21. The molecule has 16 heavy (non-hydrogen) atoms. The summed E-state index contributed by atoms with van der Waals surface area (Å²) < 4.78 is 37.1. The minimum Gasteiger partial charge on any atom is -0.481 e. The number of carboxylic acid groups (broad SMARTS) is 1. The molecular formula is C10H7F3O3. The van der Waals surface area contributed by atoms with Gasteiger partial charge in [-0.15, -0.1) is 0 Å². The fraction of sp³-hybridized carbons (Fsp3) is 0.200. The Balaban J connectivity index is 3.21. The lowest BCUT2D eigenvalue weighted by Crippen LogP contribution is -2.08. The summed E-state index contributed by atoms with van der Waals surface area (Å²) in [4.78, 5) is 20.8. The standard InChI is InChI=1S/C10H7F3O3/c11-10(12,13)8-2-6(4-9(15)16)1-7(3-8)5-14/h1-3,5H,4H2,(H,15,16). The molecule has 3 nitrogen and oxygen atoms in total. The molecule has 0 bridgehead atoms. The van der Waals surface area contributed by atoms with Crippen LogP contribution in [0, 0.1) is 0 Å². The highest BCUT2D eigenvalue weighted by molar-refractivity contribution is 5.77. The number of carbonyl (C=O) groups is 2. The molecule has 0 unspecified atom stereocenters. The highest BCUT2D eigenvalue weighted by Crippen LogP contribution is 2.30. The second kappa shape index (κ2) is 4.34. The van der Waals surface area contributed by atoms with Crippen molar-refractivity contribution in [1.29, 1.82) is 0 Å². The van der Waals surface area contributed by atoms with Crippen molar-refractivity contribution in [1.82, 2.24) is 0 Å². The molecule has 0 radical (unpaired) electrons. The van der Waals surface area contributed by atoms with Gasteiger partial charge >= 0.3 is 12.1 Å². The van der Waals surface area contributed by atoms with E-state index in [0.29, 0.717) is 6.07 Å². The maximum atomic E-state index is 12.4. The van der Waals surface area contributed by atoms with Crippen LogP contribution in [0.5, 0.6) is 0 Å². The molecule has 86 valence electrons. The van der Waals surface area contributed by atoms with Crippen molar-refractivity contribution in [3.05, 3.63) is 34.9 Å². The van der Waals surface area contributed by atoms with E-state index >= 15 is 0 Å². The summed E-state index contributed by atoms with van der Waals surface area (Å²) in [7, 11) is 0. The number of benzene rings is 1. The molecule has 0 saturated heterocycles. The molecular weight excluding hydrogens is 225 g/mol. The molecule has 1 aromatic carbocycles. The van der Waals surface area contributed by atoms with Crippen LogP contribution in [0.2, 0.25) is 0 Å². The Morgan fingerprint density at radius 1 is 1.31 bits per heavy atom. The lowest BCUT2D eigenvalue weighted by Gasteiger charge is -2.09. The number of aldehydes is 1. The third kappa shape index (κ3) is 3.08. The number of alkyl halides is 3. The van der Waals surface area contributed by atoms with Crippen molar-refractivity contribution in [3.63, 3.8) is 0 Å². The van der Waals surface area contributed by atoms with Gasteiger partial charge in [-0.2, -0.15) is 13.2 Å². The van der Waals surface area contributed by atoms with E-state index in [0.717, 1.165) is 12.1 Å². The van der Waals surface area contributed by atoms with Crippen molar-refractivity contribution in [2.75, 3.05) is 0 Å². The molecule has 0 heterocycles. The van der Waals surface area contributed by atoms with Gasteiger partial charge in [0.15, 0.2) is 0 Å². The Labute approximate surface area is 88.5 Å². The molecule has 0 fully saturated rings. The van der Waals surface area contributed by atoms with Gasteiger partial charge in [0.2, 0.25) is 0 Å². The molecule has 0 aliphatic carbocycles. The minimum atomic E-state index is -4.59. The molecule has 1 N–H and O–H groups in total. The smallest absolute Gasteiger partial charge is 0.416 e. The second-order valence-electron chi connectivity index (χ2n) is 3.15. The van der Waals surface area contributed by atoms with E-state index in [1.54, 1.807) is 0 Å². The molecule has 6 heteroatoms. The quantitative estimate of drug-likeness (QED) is 0.812. The Kier molecular flexibility index (Phi) is 3.31. The maximum absolute atomic E-state index is 12.4. The summed E-state index contributed by atoms with van der Waals surface area (Å²) in [5.41, 5.74) is -1.26. The number of carbonyl (C=O) groups excluding carboxylic acids is 1. The fourth-order valence-electron chi connectivity index (χ4n) is 1.23. The zero-order valence-corrected chi connectivity index (χ0v) is 7.91. The average molecular weight is 232 g/mol. The van der Waals surface area contributed by atoms with Crippen molar-refractivity contribution in [2.24, 2.45) is 0 Å². The number of aliphatic carboxylic acids is 1. The number of hydrogen-bond donors (Lipinski definition) is 1. The summed E-state index contributed by atoms with van der Waals surface area (Å²) in [6, 6.07) is 2.52. The van der Waals surface area contributed by atoms with Crippen LogP contribution in [0.3, 0.4) is 0 Å². The lowest BCUT2D eigenvalue weighted by molar-refractivity contribution is -0.138. The van der Waals surface area contributed by atoms with E-state index in [1.165, 1.54) is 0 Å². The summed E-state index contributed by atoms with van der Waals surface area (Å²) in [5, 5.41) is 8.45. The van der Waals surface area contributed by atoms with Crippen molar-refractivity contribution >= 4 is 12.3 Å². The van der Waals surface area contributed by atoms with Crippen LogP contribution in [-0.2, 0) is 17.4 Å². The predicted octanol–water partition coefficient (Wildman–Crippen LogP) is 2.15. The fourth-order valence-corrected chi connectivity index (χ4v) is 1.23. The van der Waals surface area contributed by atoms with E-state index < -0.39 is 24.1 Å². The van der Waals surface area contributed by atoms with Gasteiger partial charge in [0.25, 0.3) is 0 Å². The summed E-state index contributed by atoms with van der Waals surface area (Å²) >= 11 is 0. The molecule has 0 saturated carbocycles. The van der Waals surface area contributed by atoms with E-state index in [1.807, 2.05) is 0 Å². The van der Waals surface area contributed by atoms with Gasteiger partial charge in [0.1, 0.15) is 6.29 Å². The second-order valence-corrected chi connectivity index (χ2v) is 3.15. The van der Waals surface area contributed by atoms with Gasteiger partial charge in [0.05, 0.1) is 12.0 Å². The normalized spacial score (nSPS) is 11.2. The van der Waals surface area contributed by atoms with Crippen LogP contribution in [0.15, 0.2) is 18.2 Å². The Morgan fingerprint density at radius 2 is 1.94 bits per heavy atom. The van der Waals surface area contributed by atoms with Crippen molar-refractivity contribution in [2.45, 2.75) is 12.6 Å². The van der Waals surface area contributed by atoms with E-state index in [9.17, 15) is 22.8 Å². The summed E-state index contributed by atoms with van der Waals surface area (Å²) in [6.45, 7) is 0. The highest BCUT2D eigenvalue weighted by Gasteiger charge is 2.31. The van der Waals surface area contributed by atoms with Gasteiger partial charge in [-0.05, 0) is 23.8 Å². The number of carboxylic acids is 1. The van der Waals surface area contributed by atoms with Crippen LogP contribution in [0.1, 0.15) is 21.5 Å². The lowest BCUT2D eigenvalue weighted by atomic mass is 10.0. The first-order chi connectivity index (χ1) is 7.32. The molecule has 0 atom stereocenters. The van der Waals surface area contributed by atoms with E-state index in [-0.39, 0.29) is 17.4 Å². The topological polar surface area (TPSA) is 54.4 Å². The highest BCUT2D eigenvalue weighted by atomic mass is 19.4.